The number of rotatable bonds is 5. The van der Waals surface area contributed by atoms with Crippen LogP contribution < -0.4 is 10.1 Å². The highest BCUT2D eigenvalue weighted by Crippen LogP contribution is 2.31. The van der Waals surface area contributed by atoms with Gasteiger partial charge in [-0.05, 0) is 31.2 Å². The molecule has 1 aromatic heterocycles. The Hall–Kier alpha value is -3.68. The van der Waals surface area contributed by atoms with Crippen LogP contribution in [0.4, 0.5) is 18.9 Å². The lowest BCUT2D eigenvalue weighted by Gasteiger charge is -2.16. The van der Waals surface area contributed by atoms with E-state index >= 15 is 0 Å². The number of halogens is 3. The molecule has 8 heteroatoms. The molecule has 1 heterocycles. The largest absolute Gasteiger partial charge is 0.405 e. The number of hydrogen-bond acceptors (Lipinski definition) is 4. The number of pyridine rings is 1. The topological polar surface area (TPSA) is 68.3 Å². The van der Waals surface area contributed by atoms with Gasteiger partial charge in [0.1, 0.15) is 11.6 Å². The number of carbonyl (C=O) groups is 2. The van der Waals surface area contributed by atoms with Gasteiger partial charge in [-0.25, -0.2) is 4.98 Å². The quantitative estimate of drug-likeness (QED) is 0.590. The van der Waals surface area contributed by atoms with E-state index < -0.39 is 29.9 Å². The number of nitrogens with zero attached hydrogens (tertiary/aromatic N) is 1. The Morgan fingerprint density at radius 1 is 0.933 bits per heavy atom. The second-order valence-electron chi connectivity index (χ2n) is 6.42. The first kappa shape index (κ1) is 21.0. The van der Waals surface area contributed by atoms with Crippen LogP contribution in [0.2, 0.25) is 0 Å². The van der Waals surface area contributed by atoms with Crippen molar-refractivity contribution in [2.45, 2.75) is 13.1 Å². The minimum Gasteiger partial charge on any atom is -0.405 e. The lowest BCUT2D eigenvalue weighted by molar-refractivity contribution is -0.188. The maximum absolute atomic E-state index is 12.9. The van der Waals surface area contributed by atoms with Gasteiger partial charge in [0.2, 0.25) is 5.88 Å². The van der Waals surface area contributed by atoms with E-state index in [4.69, 9.17) is 4.74 Å². The smallest absolute Gasteiger partial charge is 0.401 e. The number of benzene rings is 2. The van der Waals surface area contributed by atoms with E-state index in [9.17, 15) is 22.8 Å². The molecule has 0 spiro atoms. The number of esters is 1. The van der Waals surface area contributed by atoms with Crippen molar-refractivity contribution >= 4 is 17.6 Å². The predicted octanol–water partition coefficient (Wildman–Crippen LogP) is 5.10. The average Bonchev–Trinajstić information content (AvgIpc) is 2.74. The van der Waals surface area contributed by atoms with Crippen molar-refractivity contribution in [3.8, 4) is 17.1 Å². The molecular weight excluding hydrogens is 397 g/mol. The Labute approximate surface area is 170 Å². The Kier molecular flexibility index (Phi) is 6.15. The molecule has 0 aliphatic carbocycles. The highest BCUT2D eigenvalue weighted by Gasteiger charge is 2.43. The van der Waals surface area contributed by atoms with Crippen molar-refractivity contribution in [2.24, 2.45) is 5.92 Å². The fourth-order valence-electron chi connectivity index (χ4n) is 2.48. The second kappa shape index (κ2) is 8.77. The Morgan fingerprint density at radius 2 is 1.53 bits per heavy atom. The number of nitrogens with one attached hydrogen (secondary N) is 1. The molecule has 1 atom stereocenters. The van der Waals surface area contributed by atoms with Crippen LogP contribution in [0.3, 0.4) is 0 Å². The number of ether oxygens (including phenoxy) is 1. The number of carbonyl (C=O) groups excluding carboxylic acids is 2. The zero-order chi connectivity index (χ0) is 21.7. The summed E-state index contributed by atoms with van der Waals surface area (Å²) in [6.07, 6.45) is -4.76. The van der Waals surface area contributed by atoms with Crippen molar-refractivity contribution in [1.29, 1.82) is 0 Å². The molecule has 0 radical (unpaired) electrons. The number of aromatic nitrogens is 1. The van der Waals surface area contributed by atoms with Crippen molar-refractivity contribution in [2.75, 3.05) is 5.32 Å². The minimum atomic E-state index is -4.76. The van der Waals surface area contributed by atoms with Crippen molar-refractivity contribution in [3.63, 3.8) is 0 Å². The molecule has 0 saturated carbocycles. The van der Waals surface area contributed by atoms with Gasteiger partial charge in [0.25, 0.3) is 5.91 Å². The van der Waals surface area contributed by atoms with E-state index in [0.717, 1.165) is 0 Å². The van der Waals surface area contributed by atoms with Crippen molar-refractivity contribution in [3.05, 3.63) is 78.4 Å². The normalized spacial score (nSPS) is 12.1. The fourth-order valence-corrected chi connectivity index (χ4v) is 2.48. The van der Waals surface area contributed by atoms with Crippen LogP contribution in [0.1, 0.15) is 17.3 Å². The summed E-state index contributed by atoms with van der Waals surface area (Å²) in [6, 6.07) is 20.0. The summed E-state index contributed by atoms with van der Waals surface area (Å²) in [5.74, 6) is -4.81. The average molecular weight is 414 g/mol. The van der Waals surface area contributed by atoms with Gasteiger partial charge >= 0.3 is 12.1 Å². The summed E-state index contributed by atoms with van der Waals surface area (Å²) in [6.45, 7) is 0.700. The van der Waals surface area contributed by atoms with Crippen LogP contribution in [0, 0.1) is 5.92 Å². The van der Waals surface area contributed by atoms with Gasteiger partial charge in [-0.1, -0.05) is 48.5 Å². The van der Waals surface area contributed by atoms with Gasteiger partial charge in [0, 0.05) is 11.1 Å². The zero-order valence-electron chi connectivity index (χ0n) is 15.8. The van der Waals surface area contributed by atoms with E-state index in [1.54, 1.807) is 66.7 Å². The summed E-state index contributed by atoms with van der Waals surface area (Å²) in [4.78, 5) is 28.6. The minimum absolute atomic E-state index is 0.0220. The maximum atomic E-state index is 12.9. The zero-order valence-corrected chi connectivity index (χ0v) is 15.8. The van der Waals surface area contributed by atoms with Gasteiger partial charge in [-0.2, -0.15) is 13.2 Å². The molecule has 0 saturated heterocycles. The highest BCUT2D eigenvalue weighted by molar-refractivity contribution is 6.05. The van der Waals surface area contributed by atoms with Gasteiger partial charge in [-0.15, -0.1) is 0 Å². The molecule has 0 fully saturated rings. The Bertz CT molecular complexity index is 1040. The molecule has 1 unspecified atom stereocenters. The fraction of sp³-hybridized carbons (Fsp3) is 0.136. The molecule has 1 N–H and O–H groups in total. The van der Waals surface area contributed by atoms with Crippen LogP contribution in [0.15, 0.2) is 72.8 Å². The molecule has 3 rings (SSSR count). The summed E-state index contributed by atoms with van der Waals surface area (Å²) in [5.41, 5.74) is 1.34. The first-order chi connectivity index (χ1) is 14.3. The molecule has 1 amide bonds. The lowest BCUT2D eigenvalue weighted by Crippen LogP contribution is -2.31. The third kappa shape index (κ3) is 5.02. The first-order valence-corrected chi connectivity index (χ1v) is 8.97. The second-order valence-corrected chi connectivity index (χ2v) is 6.42. The number of amides is 1. The van der Waals surface area contributed by atoms with Crippen LogP contribution in [-0.2, 0) is 4.79 Å². The van der Waals surface area contributed by atoms with Crippen LogP contribution in [0.25, 0.3) is 11.3 Å². The lowest BCUT2D eigenvalue weighted by atomic mass is 10.1. The van der Waals surface area contributed by atoms with Gasteiger partial charge in [-0.3, -0.25) is 9.59 Å². The van der Waals surface area contributed by atoms with E-state index in [2.05, 4.69) is 10.3 Å². The monoisotopic (exact) mass is 414 g/mol. The molecule has 0 bridgehead atoms. The Balaban J connectivity index is 1.94. The summed E-state index contributed by atoms with van der Waals surface area (Å²) in [5, 5.41) is 2.53. The van der Waals surface area contributed by atoms with Crippen LogP contribution >= 0.6 is 0 Å². The van der Waals surface area contributed by atoms with Gasteiger partial charge < -0.3 is 10.1 Å². The maximum Gasteiger partial charge on any atom is 0.401 e. The molecule has 5 nitrogen and oxygen atoms in total. The standard InChI is InChI=1S/C22H17F3N2O3/c1-14(22(23,24)25)21(29)30-20-18(26-19(28)16-10-6-3-7-11-16)13-12-17(27-20)15-8-4-2-5-9-15/h2-14H,1H3,(H,26,28). The Morgan fingerprint density at radius 3 is 2.13 bits per heavy atom. The van der Waals surface area contributed by atoms with Crippen LogP contribution in [0.5, 0.6) is 5.88 Å². The van der Waals surface area contributed by atoms with E-state index in [0.29, 0.717) is 23.7 Å². The van der Waals surface area contributed by atoms with Crippen molar-refractivity contribution < 1.29 is 27.5 Å². The van der Waals surface area contributed by atoms with E-state index in [-0.39, 0.29) is 5.69 Å². The van der Waals surface area contributed by atoms with Crippen LogP contribution in [-0.4, -0.2) is 23.0 Å². The molecule has 154 valence electrons. The molecular formula is C22H17F3N2O3. The van der Waals surface area contributed by atoms with E-state index in [1.807, 2.05) is 0 Å². The SMILES string of the molecule is CC(C(=O)Oc1nc(-c2ccccc2)ccc1NC(=O)c1ccccc1)C(F)(F)F. The third-order valence-electron chi connectivity index (χ3n) is 4.26. The number of alkyl halides is 3. The summed E-state index contributed by atoms with van der Waals surface area (Å²) in [7, 11) is 0. The molecule has 0 aliphatic rings. The molecule has 0 aliphatic heterocycles. The number of anilines is 1. The first-order valence-electron chi connectivity index (χ1n) is 8.97. The molecule has 2 aromatic carbocycles. The summed E-state index contributed by atoms with van der Waals surface area (Å²) >= 11 is 0. The molecule has 3 aromatic rings. The summed E-state index contributed by atoms with van der Waals surface area (Å²) < 4.78 is 43.6. The third-order valence-corrected chi connectivity index (χ3v) is 4.26. The number of hydrogen-bond donors (Lipinski definition) is 1. The van der Waals surface area contributed by atoms with E-state index in [1.165, 1.54) is 6.07 Å². The predicted molar refractivity (Wildman–Crippen MR) is 105 cm³/mol. The highest BCUT2D eigenvalue weighted by atomic mass is 19.4. The molecule has 30 heavy (non-hydrogen) atoms. The van der Waals surface area contributed by atoms with Gasteiger partial charge in [0.05, 0.1) is 5.69 Å². The van der Waals surface area contributed by atoms with Gasteiger partial charge in [0.15, 0.2) is 0 Å². The van der Waals surface area contributed by atoms with Crippen molar-refractivity contribution in [1.82, 2.24) is 4.98 Å².